The van der Waals surface area contributed by atoms with Gasteiger partial charge in [0.25, 0.3) is 0 Å². The van der Waals surface area contributed by atoms with Crippen LogP contribution in [0.1, 0.15) is 18.1 Å². The topological polar surface area (TPSA) is 86.3 Å². The van der Waals surface area contributed by atoms with Crippen LogP contribution in [0.2, 0.25) is 0 Å². The minimum Gasteiger partial charge on any atom is -0.496 e. The van der Waals surface area contributed by atoms with Crippen molar-refractivity contribution >= 4 is 11.8 Å². The highest BCUT2D eigenvalue weighted by Gasteiger charge is 2.74. The molecule has 0 aliphatic carbocycles. The van der Waals surface area contributed by atoms with Gasteiger partial charge in [0.15, 0.2) is 11.5 Å². The summed E-state index contributed by atoms with van der Waals surface area (Å²) < 4.78 is 22.6. The first-order valence-corrected chi connectivity index (χ1v) is 11.4. The van der Waals surface area contributed by atoms with Gasteiger partial charge in [0.05, 0.1) is 31.1 Å². The van der Waals surface area contributed by atoms with Crippen molar-refractivity contribution in [2.45, 2.75) is 31.7 Å². The largest absolute Gasteiger partial charge is 0.496 e. The van der Waals surface area contributed by atoms with Crippen LogP contribution >= 0.6 is 0 Å². The van der Waals surface area contributed by atoms with E-state index < -0.39 is 23.0 Å². The maximum atomic E-state index is 13.8. The zero-order valence-electron chi connectivity index (χ0n) is 19.1. The van der Waals surface area contributed by atoms with Gasteiger partial charge >= 0.3 is 0 Å². The molecule has 4 heterocycles. The van der Waals surface area contributed by atoms with Crippen molar-refractivity contribution in [2.24, 2.45) is 11.3 Å². The van der Waals surface area contributed by atoms with E-state index in [4.69, 9.17) is 18.9 Å². The van der Waals surface area contributed by atoms with Gasteiger partial charge in [-0.3, -0.25) is 9.59 Å². The lowest BCUT2D eigenvalue weighted by atomic mass is 9.64. The van der Waals surface area contributed by atoms with Crippen LogP contribution < -0.4 is 19.5 Å². The Balaban J connectivity index is 1.23. The molecule has 2 fully saturated rings. The molecular formula is C26H26N2O6. The van der Waals surface area contributed by atoms with Gasteiger partial charge in [-0.2, -0.15) is 0 Å². The Kier molecular flexibility index (Phi) is 4.64. The van der Waals surface area contributed by atoms with E-state index in [2.05, 4.69) is 5.32 Å². The van der Waals surface area contributed by atoms with Crippen LogP contribution in [0.15, 0.2) is 54.6 Å². The van der Waals surface area contributed by atoms with Crippen molar-refractivity contribution in [1.29, 1.82) is 0 Å². The van der Waals surface area contributed by atoms with E-state index in [0.717, 1.165) is 11.1 Å². The summed E-state index contributed by atoms with van der Waals surface area (Å²) in [6.07, 6.45) is 3.48. The van der Waals surface area contributed by atoms with Gasteiger partial charge in [-0.1, -0.05) is 36.4 Å². The normalized spacial score (nSPS) is 30.1. The lowest BCUT2D eigenvalue weighted by Crippen LogP contribution is -2.52. The molecule has 8 nitrogen and oxygen atoms in total. The smallest absolute Gasteiger partial charge is 0.233 e. The molecule has 2 amide bonds. The monoisotopic (exact) mass is 462 g/mol. The highest BCUT2D eigenvalue weighted by molar-refractivity contribution is 5.96. The zero-order valence-corrected chi connectivity index (χ0v) is 19.1. The van der Waals surface area contributed by atoms with Crippen LogP contribution in [0.5, 0.6) is 17.2 Å². The lowest BCUT2D eigenvalue weighted by molar-refractivity contribution is -0.143. The highest BCUT2D eigenvalue weighted by Crippen LogP contribution is 2.60. The summed E-state index contributed by atoms with van der Waals surface area (Å²) in [5.74, 6) is 1.22. The van der Waals surface area contributed by atoms with Crippen molar-refractivity contribution in [3.63, 3.8) is 0 Å². The maximum absolute atomic E-state index is 13.8. The average Bonchev–Trinajstić information content (AvgIpc) is 3.58. The minimum absolute atomic E-state index is 0.0746. The number of benzene rings is 2. The van der Waals surface area contributed by atoms with E-state index in [-0.39, 0.29) is 18.6 Å². The Morgan fingerprint density at radius 3 is 2.88 bits per heavy atom. The Morgan fingerprint density at radius 1 is 1.21 bits per heavy atom. The van der Waals surface area contributed by atoms with Crippen molar-refractivity contribution in [3.8, 4) is 17.2 Å². The van der Waals surface area contributed by atoms with Crippen LogP contribution in [0.25, 0.3) is 0 Å². The fourth-order valence-electron chi connectivity index (χ4n) is 5.83. The van der Waals surface area contributed by atoms with E-state index in [1.165, 1.54) is 0 Å². The molecule has 8 heteroatoms. The van der Waals surface area contributed by atoms with Gasteiger partial charge in [-0.15, -0.1) is 0 Å². The van der Waals surface area contributed by atoms with E-state index >= 15 is 0 Å². The third-order valence-corrected chi connectivity index (χ3v) is 7.63. The van der Waals surface area contributed by atoms with Gasteiger partial charge in [-0.25, -0.2) is 0 Å². The van der Waals surface area contributed by atoms with Crippen LogP contribution in [0, 0.1) is 11.3 Å². The molecule has 34 heavy (non-hydrogen) atoms. The van der Waals surface area contributed by atoms with Crippen LogP contribution in [-0.2, 0) is 27.4 Å². The van der Waals surface area contributed by atoms with Gasteiger partial charge in [0, 0.05) is 18.7 Å². The number of hydrogen-bond acceptors (Lipinski definition) is 6. The summed E-state index contributed by atoms with van der Waals surface area (Å²) in [7, 11) is 1.60. The van der Waals surface area contributed by atoms with Crippen molar-refractivity contribution < 1.29 is 28.5 Å². The van der Waals surface area contributed by atoms with Gasteiger partial charge in [-0.05, 0) is 30.7 Å². The first-order chi connectivity index (χ1) is 16.4. The summed E-state index contributed by atoms with van der Waals surface area (Å²) in [6.45, 7) is 3.19. The van der Waals surface area contributed by atoms with Crippen LogP contribution in [0.4, 0.5) is 0 Å². The number of ether oxygens (including phenoxy) is 4. The number of nitrogens with zero attached hydrogens (tertiary/aromatic N) is 1. The molecule has 4 aliphatic heterocycles. The van der Waals surface area contributed by atoms with Gasteiger partial charge in [0.2, 0.25) is 18.6 Å². The molecule has 1 N–H and O–H groups in total. The summed E-state index contributed by atoms with van der Waals surface area (Å²) in [5.41, 5.74) is 0.0267. The fourth-order valence-corrected chi connectivity index (χ4v) is 5.83. The molecular weight excluding hydrogens is 436 g/mol. The molecule has 2 aromatic rings. The molecule has 2 bridgehead atoms. The molecule has 4 unspecified atom stereocenters. The van der Waals surface area contributed by atoms with E-state index in [1.54, 1.807) is 12.0 Å². The Labute approximate surface area is 197 Å². The molecule has 0 radical (unpaired) electrons. The van der Waals surface area contributed by atoms with Crippen LogP contribution in [0.3, 0.4) is 0 Å². The second kappa shape index (κ2) is 7.50. The SMILES string of the molecule is COc1ccccc1CNC(=O)C1C2C=CC3(CN(Cc4ccc5c(c4)OCO5)C(=O)C13C)O2. The van der Waals surface area contributed by atoms with E-state index in [9.17, 15) is 9.59 Å². The fraction of sp³-hybridized carbons (Fsp3) is 0.385. The van der Waals surface area contributed by atoms with Crippen molar-refractivity contribution in [3.05, 3.63) is 65.7 Å². The number of fused-ring (bicyclic) bond motifs is 2. The predicted molar refractivity (Wildman–Crippen MR) is 121 cm³/mol. The van der Waals surface area contributed by atoms with Crippen molar-refractivity contribution in [1.82, 2.24) is 10.2 Å². The molecule has 0 saturated carbocycles. The van der Waals surface area contributed by atoms with Gasteiger partial charge < -0.3 is 29.2 Å². The molecule has 2 aromatic carbocycles. The average molecular weight is 463 g/mol. The number of rotatable bonds is 6. The number of amides is 2. The molecule has 1 spiro atoms. The number of carbonyl (C=O) groups excluding carboxylic acids is 2. The number of likely N-dealkylation sites (tertiary alicyclic amines) is 1. The third-order valence-electron chi connectivity index (χ3n) is 7.63. The van der Waals surface area contributed by atoms with Crippen molar-refractivity contribution in [2.75, 3.05) is 20.4 Å². The highest BCUT2D eigenvalue weighted by atomic mass is 16.7. The Hall–Kier alpha value is -3.52. The number of carbonyl (C=O) groups is 2. The first-order valence-electron chi connectivity index (χ1n) is 11.4. The second-order valence-corrected chi connectivity index (χ2v) is 9.39. The summed E-state index contributed by atoms with van der Waals surface area (Å²) >= 11 is 0. The number of methoxy groups -OCH3 is 1. The van der Waals surface area contributed by atoms with E-state index in [1.807, 2.05) is 61.5 Å². The number of hydrogen-bond donors (Lipinski definition) is 1. The summed E-state index contributed by atoms with van der Waals surface area (Å²) in [4.78, 5) is 29.0. The van der Waals surface area contributed by atoms with Gasteiger partial charge in [0.1, 0.15) is 11.4 Å². The zero-order chi connectivity index (χ0) is 23.5. The van der Waals surface area contributed by atoms with Crippen LogP contribution in [-0.4, -0.2) is 48.9 Å². The summed E-state index contributed by atoms with van der Waals surface area (Å²) in [5, 5.41) is 3.01. The third kappa shape index (κ3) is 2.88. The molecule has 4 atom stereocenters. The molecule has 176 valence electrons. The molecule has 2 saturated heterocycles. The van der Waals surface area contributed by atoms with E-state index in [0.29, 0.717) is 36.9 Å². The Morgan fingerprint density at radius 2 is 2.03 bits per heavy atom. The Bertz CT molecular complexity index is 1210. The molecule has 6 rings (SSSR count). The number of para-hydroxylation sites is 1. The number of nitrogens with one attached hydrogen (secondary N) is 1. The quantitative estimate of drug-likeness (QED) is 0.664. The minimum atomic E-state index is -0.979. The second-order valence-electron chi connectivity index (χ2n) is 9.39. The summed E-state index contributed by atoms with van der Waals surface area (Å²) in [6, 6.07) is 13.2. The lowest BCUT2D eigenvalue weighted by Gasteiger charge is -2.34. The standard InChI is InChI=1S/C26H26N2O6/c1-25-22(23(29)27-12-17-5-3-4-6-18(17)31-2)20-9-10-26(25,34-20)14-28(24(25)30)13-16-7-8-19-21(11-16)33-15-32-19/h3-11,20,22H,12-15H2,1-2H3,(H,27,29). The predicted octanol–water partition coefficient (Wildman–Crippen LogP) is 2.41. The maximum Gasteiger partial charge on any atom is 0.233 e. The molecule has 0 aromatic heterocycles. The molecule has 4 aliphatic rings. The first kappa shape index (κ1) is 21.0.